The van der Waals surface area contributed by atoms with Crippen LogP contribution < -0.4 is 10.7 Å². The van der Waals surface area contributed by atoms with E-state index < -0.39 is 5.91 Å². The molecule has 146 valence electrons. The first-order chi connectivity index (χ1) is 13.4. The molecule has 0 radical (unpaired) electrons. The summed E-state index contributed by atoms with van der Waals surface area (Å²) in [7, 11) is 3.94. The Hall–Kier alpha value is -2.92. The Morgan fingerprint density at radius 1 is 1.11 bits per heavy atom. The van der Waals surface area contributed by atoms with Gasteiger partial charge in [-0.3, -0.25) is 9.59 Å². The van der Waals surface area contributed by atoms with Gasteiger partial charge in [-0.25, -0.2) is 0 Å². The van der Waals surface area contributed by atoms with Gasteiger partial charge in [0.25, 0.3) is 5.91 Å². The highest BCUT2D eigenvalue weighted by atomic mass is 16.3. The first kappa shape index (κ1) is 19.8. The number of rotatable bonds is 6. The van der Waals surface area contributed by atoms with Gasteiger partial charge in [-0.15, -0.1) is 0 Å². The summed E-state index contributed by atoms with van der Waals surface area (Å²) in [6, 6.07) is 15.0. The number of carbonyl (C=O) groups is 1. The van der Waals surface area contributed by atoms with Crippen LogP contribution in [0.5, 0.6) is 0 Å². The number of nitrogens with one attached hydrogen (secondary N) is 1. The number of aryl methyl sites for hydroxylation is 2. The minimum Gasteiger partial charge on any atom is -0.451 e. The fraction of sp³-hybridized carbons (Fsp3) is 0.304. The summed E-state index contributed by atoms with van der Waals surface area (Å²) in [6.45, 7) is 4.48. The van der Waals surface area contributed by atoms with Gasteiger partial charge in [-0.2, -0.15) is 0 Å². The first-order valence-corrected chi connectivity index (χ1v) is 9.47. The molecule has 1 aromatic heterocycles. The lowest BCUT2D eigenvalue weighted by Crippen LogP contribution is -2.34. The molecule has 5 heteroatoms. The quantitative estimate of drug-likeness (QED) is 0.710. The van der Waals surface area contributed by atoms with Gasteiger partial charge in [0, 0.05) is 12.6 Å². The van der Waals surface area contributed by atoms with E-state index in [-0.39, 0.29) is 17.2 Å². The standard InChI is InChI=1S/C23H26N2O3/c1-5-16-8-11-21-18(12-16)20(26)13-22(28-21)23(27)24-14-19(25(3)4)17-9-6-15(2)7-10-17/h6-13,19H,5,14H2,1-4H3,(H,24,27). The minimum absolute atomic E-state index is 0.0174. The van der Waals surface area contributed by atoms with Crippen molar-refractivity contribution in [2.24, 2.45) is 0 Å². The number of carbonyl (C=O) groups excluding carboxylic acids is 1. The number of hydrogen-bond donors (Lipinski definition) is 1. The van der Waals surface area contributed by atoms with Crippen LogP contribution >= 0.6 is 0 Å². The van der Waals surface area contributed by atoms with Crippen LogP contribution in [0.25, 0.3) is 11.0 Å². The van der Waals surface area contributed by atoms with Gasteiger partial charge < -0.3 is 14.6 Å². The molecule has 1 heterocycles. The summed E-state index contributed by atoms with van der Waals surface area (Å²) >= 11 is 0. The first-order valence-electron chi connectivity index (χ1n) is 9.47. The lowest BCUT2D eigenvalue weighted by molar-refractivity contribution is 0.0914. The Morgan fingerprint density at radius 2 is 1.82 bits per heavy atom. The molecule has 5 nitrogen and oxygen atoms in total. The Bertz CT molecular complexity index is 1040. The SMILES string of the molecule is CCc1ccc2oc(C(=O)NCC(c3ccc(C)cc3)N(C)C)cc(=O)c2c1. The van der Waals surface area contributed by atoms with Gasteiger partial charge in [-0.05, 0) is 50.7 Å². The maximum atomic E-state index is 12.6. The van der Waals surface area contributed by atoms with Crippen LogP contribution in [-0.4, -0.2) is 31.4 Å². The molecule has 2 aromatic carbocycles. The van der Waals surface area contributed by atoms with Crippen molar-refractivity contribution in [1.82, 2.24) is 10.2 Å². The summed E-state index contributed by atoms with van der Waals surface area (Å²) in [6.07, 6.45) is 0.836. The van der Waals surface area contributed by atoms with Crippen molar-refractivity contribution in [3.05, 3.63) is 81.2 Å². The molecule has 0 aliphatic carbocycles. The molecule has 1 amide bonds. The summed E-state index contributed by atoms with van der Waals surface area (Å²) in [5, 5.41) is 3.40. The van der Waals surface area contributed by atoms with E-state index in [2.05, 4.69) is 29.6 Å². The average Bonchev–Trinajstić information content (AvgIpc) is 2.68. The Morgan fingerprint density at radius 3 is 2.46 bits per heavy atom. The fourth-order valence-electron chi connectivity index (χ4n) is 3.20. The summed E-state index contributed by atoms with van der Waals surface area (Å²) in [5.74, 6) is -0.360. The van der Waals surface area contributed by atoms with E-state index >= 15 is 0 Å². The van der Waals surface area contributed by atoms with E-state index in [1.807, 2.05) is 45.0 Å². The average molecular weight is 378 g/mol. The normalized spacial score (nSPS) is 12.3. The van der Waals surface area contributed by atoms with Crippen LogP contribution in [0.3, 0.4) is 0 Å². The predicted octanol–water partition coefficient (Wildman–Crippen LogP) is 3.70. The van der Waals surface area contributed by atoms with Gasteiger partial charge in [-0.1, -0.05) is 42.8 Å². The second kappa shape index (κ2) is 8.40. The molecule has 0 aliphatic rings. The molecular weight excluding hydrogens is 352 g/mol. The van der Waals surface area contributed by atoms with Crippen molar-refractivity contribution in [2.75, 3.05) is 20.6 Å². The van der Waals surface area contributed by atoms with Gasteiger partial charge in [0.2, 0.25) is 0 Å². The molecule has 1 unspecified atom stereocenters. The predicted molar refractivity (Wildman–Crippen MR) is 112 cm³/mol. The van der Waals surface area contributed by atoms with Crippen molar-refractivity contribution in [1.29, 1.82) is 0 Å². The molecule has 0 saturated heterocycles. The van der Waals surface area contributed by atoms with E-state index in [4.69, 9.17) is 4.42 Å². The van der Waals surface area contributed by atoms with Gasteiger partial charge in [0.05, 0.1) is 11.4 Å². The number of benzene rings is 2. The molecule has 3 rings (SSSR count). The number of amides is 1. The Kier molecular flexibility index (Phi) is 5.95. The zero-order valence-electron chi connectivity index (χ0n) is 16.8. The van der Waals surface area contributed by atoms with E-state index in [0.29, 0.717) is 17.5 Å². The minimum atomic E-state index is -0.391. The largest absolute Gasteiger partial charge is 0.451 e. The van der Waals surface area contributed by atoms with Crippen molar-refractivity contribution in [3.63, 3.8) is 0 Å². The maximum Gasteiger partial charge on any atom is 0.287 e. The van der Waals surface area contributed by atoms with Crippen molar-refractivity contribution in [3.8, 4) is 0 Å². The molecule has 1 N–H and O–H groups in total. The van der Waals surface area contributed by atoms with Crippen LogP contribution in [0.15, 0.2) is 57.7 Å². The highest BCUT2D eigenvalue weighted by molar-refractivity contribution is 5.93. The molecule has 28 heavy (non-hydrogen) atoms. The molecule has 0 aliphatic heterocycles. The van der Waals surface area contributed by atoms with Crippen LogP contribution in [0.1, 0.15) is 40.2 Å². The van der Waals surface area contributed by atoms with Gasteiger partial charge in [0.15, 0.2) is 11.2 Å². The van der Waals surface area contributed by atoms with Crippen LogP contribution in [0, 0.1) is 6.92 Å². The number of likely N-dealkylation sites (N-methyl/N-ethyl adjacent to an activating group) is 1. The van der Waals surface area contributed by atoms with E-state index in [0.717, 1.165) is 17.5 Å². The second-order valence-electron chi connectivity index (χ2n) is 7.26. The molecule has 0 bridgehead atoms. The monoisotopic (exact) mass is 378 g/mol. The molecule has 3 aromatic rings. The summed E-state index contributed by atoms with van der Waals surface area (Å²) < 4.78 is 5.69. The van der Waals surface area contributed by atoms with Crippen LogP contribution in [0.2, 0.25) is 0 Å². The number of hydrogen-bond acceptors (Lipinski definition) is 4. The Balaban J connectivity index is 1.80. The number of nitrogens with zero attached hydrogens (tertiary/aromatic N) is 1. The maximum absolute atomic E-state index is 12.6. The third kappa shape index (κ3) is 4.31. The van der Waals surface area contributed by atoms with Crippen molar-refractivity contribution >= 4 is 16.9 Å². The Labute approximate surface area is 165 Å². The molecule has 1 atom stereocenters. The van der Waals surface area contributed by atoms with E-state index in [9.17, 15) is 9.59 Å². The smallest absolute Gasteiger partial charge is 0.287 e. The lowest BCUT2D eigenvalue weighted by Gasteiger charge is -2.25. The van der Waals surface area contributed by atoms with Crippen molar-refractivity contribution in [2.45, 2.75) is 26.3 Å². The summed E-state index contributed by atoms with van der Waals surface area (Å²) in [4.78, 5) is 27.1. The van der Waals surface area contributed by atoms with E-state index in [1.165, 1.54) is 11.6 Å². The molecular formula is C23H26N2O3. The topological polar surface area (TPSA) is 62.6 Å². The third-order valence-electron chi connectivity index (χ3n) is 4.97. The summed E-state index contributed by atoms with van der Waals surface area (Å²) in [5.41, 5.74) is 3.59. The third-order valence-corrected chi connectivity index (χ3v) is 4.97. The van der Waals surface area contributed by atoms with Gasteiger partial charge >= 0.3 is 0 Å². The molecule has 0 saturated carbocycles. The highest BCUT2D eigenvalue weighted by Crippen LogP contribution is 2.19. The lowest BCUT2D eigenvalue weighted by atomic mass is 10.0. The van der Waals surface area contributed by atoms with Crippen LogP contribution in [0.4, 0.5) is 0 Å². The van der Waals surface area contributed by atoms with E-state index in [1.54, 1.807) is 6.07 Å². The highest BCUT2D eigenvalue weighted by Gasteiger charge is 2.18. The second-order valence-corrected chi connectivity index (χ2v) is 7.26. The fourth-order valence-corrected chi connectivity index (χ4v) is 3.20. The molecule has 0 fully saturated rings. The zero-order valence-corrected chi connectivity index (χ0v) is 16.8. The number of fused-ring (bicyclic) bond motifs is 1. The van der Waals surface area contributed by atoms with Crippen LogP contribution in [-0.2, 0) is 6.42 Å². The molecule has 0 spiro atoms. The van der Waals surface area contributed by atoms with Gasteiger partial charge in [0.1, 0.15) is 5.58 Å². The zero-order chi connectivity index (χ0) is 20.3. The van der Waals surface area contributed by atoms with Crippen molar-refractivity contribution < 1.29 is 9.21 Å².